The Labute approximate surface area is 128 Å². The van der Waals surface area contributed by atoms with Crippen molar-refractivity contribution < 1.29 is 18.7 Å². The topological polar surface area (TPSA) is 47.6 Å². The molecule has 0 aliphatic heterocycles. The van der Waals surface area contributed by atoms with E-state index in [0.29, 0.717) is 36.8 Å². The summed E-state index contributed by atoms with van der Waals surface area (Å²) in [6.07, 6.45) is 0. The quantitative estimate of drug-likeness (QED) is 0.796. The van der Waals surface area contributed by atoms with E-state index in [4.69, 9.17) is 9.47 Å². The van der Waals surface area contributed by atoms with Crippen molar-refractivity contribution in [1.29, 1.82) is 0 Å². The molecule has 0 aliphatic rings. The Bertz CT molecular complexity index is 614. The van der Waals surface area contributed by atoms with E-state index in [1.807, 2.05) is 13.0 Å². The molecule has 0 atom stereocenters. The molecule has 1 N–H and O–H groups in total. The molecule has 0 radical (unpaired) electrons. The van der Waals surface area contributed by atoms with E-state index in [-0.39, 0.29) is 11.7 Å². The lowest BCUT2D eigenvalue weighted by atomic mass is 10.2. The van der Waals surface area contributed by atoms with Crippen LogP contribution in [0.3, 0.4) is 0 Å². The molecule has 5 heteroatoms. The molecule has 0 unspecified atom stereocenters. The van der Waals surface area contributed by atoms with Crippen LogP contribution in [0.1, 0.15) is 17.3 Å². The smallest absolute Gasteiger partial charge is 0.255 e. The van der Waals surface area contributed by atoms with Gasteiger partial charge in [-0.3, -0.25) is 4.79 Å². The molecule has 116 valence electrons. The number of carbonyl (C=O) groups is 1. The number of hydrogen-bond acceptors (Lipinski definition) is 3. The van der Waals surface area contributed by atoms with Gasteiger partial charge in [0.05, 0.1) is 12.3 Å². The largest absolute Gasteiger partial charge is 0.489 e. The van der Waals surface area contributed by atoms with Crippen LogP contribution in [0.15, 0.2) is 48.5 Å². The Balaban J connectivity index is 2.02. The van der Waals surface area contributed by atoms with E-state index < -0.39 is 0 Å². The van der Waals surface area contributed by atoms with Crippen molar-refractivity contribution in [2.45, 2.75) is 6.92 Å². The van der Waals surface area contributed by atoms with Gasteiger partial charge in [0, 0.05) is 12.2 Å². The molecule has 0 fully saturated rings. The van der Waals surface area contributed by atoms with Gasteiger partial charge in [0.15, 0.2) is 0 Å². The fourth-order valence-electron chi connectivity index (χ4n) is 1.85. The minimum absolute atomic E-state index is 0.319. The van der Waals surface area contributed by atoms with E-state index in [0.717, 1.165) is 0 Å². The number of benzene rings is 2. The first-order valence-corrected chi connectivity index (χ1v) is 7.07. The number of halogens is 1. The molecule has 1 amide bonds. The second kappa shape index (κ2) is 8.14. The third-order valence-corrected chi connectivity index (χ3v) is 2.93. The standard InChI is InChI=1S/C17H18FNO3/c1-2-21-11-12-22-16-6-4-3-5-15(16)19-17(20)13-7-9-14(18)10-8-13/h3-10H,2,11-12H2,1H3,(H,19,20). The highest BCUT2D eigenvalue weighted by Crippen LogP contribution is 2.24. The predicted octanol–water partition coefficient (Wildman–Crippen LogP) is 3.49. The molecule has 2 rings (SSSR count). The number of carbonyl (C=O) groups excluding carboxylic acids is 1. The molecule has 4 nitrogen and oxygen atoms in total. The third kappa shape index (κ3) is 4.56. The fraction of sp³-hybridized carbons (Fsp3) is 0.235. The summed E-state index contributed by atoms with van der Waals surface area (Å²) < 4.78 is 23.7. The summed E-state index contributed by atoms with van der Waals surface area (Å²) >= 11 is 0. The summed E-state index contributed by atoms with van der Waals surface area (Å²) in [5.41, 5.74) is 0.943. The Morgan fingerprint density at radius 3 is 2.55 bits per heavy atom. The maximum Gasteiger partial charge on any atom is 0.255 e. The van der Waals surface area contributed by atoms with Crippen molar-refractivity contribution >= 4 is 11.6 Å². The van der Waals surface area contributed by atoms with Gasteiger partial charge in [-0.05, 0) is 43.3 Å². The van der Waals surface area contributed by atoms with Gasteiger partial charge in [0.1, 0.15) is 18.2 Å². The number of hydrogen-bond donors (Lipinski definition) is 1. The highest BCUT2D eigenvalue weighted by Gasteiger charge is 2.09. The molecule has 0 bridgehead atoms. The molecule has 0 aromatic heterocycles. The summed E-state index contributed by atoms with van der Waals surface area (Å²) in [5.74, 6) is -0.130. The summed E-state index contributed by atoms with van der Waals surface area (Å²) in [4.78, 5) is 12.1. The number of rotatable bonds is 7. The van der Waals surface area contributed by atoms with Crippen LogP contribution in [-0.4, -0.2) is 25.7 Å². The van der Waals surface area contributed by atoms with Crippen molar-refractivity contribution in [3.63, 3.8) is 0 Å². The van der Waals surface area contributed by atoms with E-state index in [9.17, 15) is 9.18 Å². The maximum absolute atomic E-state index is 12.9. The average Bonchev–Trinajstić information content (AvgIpc) is 2.53. The van der Waals surface area contributed by atoms with Crippen LogP contribution in [0.2, 0.25) is 0 Å². The lowest BCUT2D eigenvalue weighted by Gasteiger charge is -2.12. The zero-order valence-corrected chi connectivity index (χ0v) is 12.3. The van der Waals surface area contributed by atoms with Gasteiger partial charge in [0.2, 0.25) is 0 Å². The van der Waals surface area contributed by atoms with Crippen LogP contribution in [0.5, 0.6) is 5.75 Å². The van der Waals surface area contributed by atoms with Gasteiger partial charge in [-0.15, -0.1) is 0 Å². The first-order valence-electron chi connectivity index (χ1n) is 7.07. The van der Waals surface area contributed by atoms with Crippen LogP contribution in [0.25, 0.3) is 0 Å². The molecule has 0 aliphatic carbocycles. The fourth-order valence-corrected chi connectivity index (χ4v) is 1.85. The van der Waals surface area contributed by atoms with Crippen LogP contribution < -0.4 is 10.1 Å². The molecular formula is C17H18FNO3. The van der Waals surface area contributed by atoms with Gasteiger partial charge >= 0.3 is 0 Å². The summed E-state index contributed by atoms with van der Waals surface area (Å²) in [6, 6.07) is 12.5. The number of nitrogens with one attached hydrogen (secondary N) is 1. The van der Waals surface area contributed by atoms with Gasteiger partial charge in [-0.1, -0.05) is 12.1 Å². The van der Waals surface area contributed by atoms with E-state index in [1.54, 1.807) is 18.2 Å². The van der Waals surface area contributed by atoms with Crippen molar-refractivity contribution in [2.75, 3.05) is 25.1 Å². The second-order valence-corrected chi connectivity index (χ2v) is 4.50. The number of amides is 1. The second-order valence-electron chi connectivity index (χ2n) is 4.50. The Hall–Kier alpha value is -2.40. The SMILES string of the molecule is CCOCCOc1ccccc1NC(=O)c1ccc(F)cc1. The molecule has 0 heterocycles. The van der Waals surface area contributed by atoms with Crippen molar-refractivity contribution in [2.24, 2.45) is 0 Å². The van der Waals surface area contributed by atoms with Gasteiger partial charge < -0.3 is 14.8 Å². The Morgan fingerprint density at radius 2 is 1.82 bits per heavy atom. The molecule has 0 saturated carbocycles. The molecule has 0 saturated heterocycles. The first kappa shape index (κ1) is 16.0. The van der Waals surface area contributed by atoms with Gasteiger partial charge in [0.25, 0.3) is 5.91 Å². The minimum Gasteiger partial charge on any atom is -0.489 e. The molecule has 22 heavy (non-hydrogen) atoms. The molecular weight excluding hydrogens is 285 g/mol. The number of anilines is 1. The number of para-hydroxylation sites is 2. The zero-order chi connectivity index (χ0) is 15.8. The van der Waals surface area contributed by atoms with Crippen LogP contribution in [0.4, 0.5) is 10.1 Å². The van der Waals surface area contributed by atoms with Crippen LogP contribution in [0, 0.1) is 5.82 Å². The van der Waals surface area contributed by atoms with E-state index >= 15 is 0 Å². The average molecular weight is 303 g/mol. The molecule has 0 spiro atoms. The highest BCUT2D eigenvalue weighted by atomic mass is 19.1. The normalized spacial score (nSPS) is 10.3. The van der Waals surface area contributed by atoms with Crippen molar-refractivity contribution in [1.82, 2.24) is 0 Å². The lowest BCUT2D eigenvalue weighted by Crippen LogP contribution is -2.14. The summed E-state index contributed by atoms with van der Waals surface area (Å²) in [7, 11) is 0. The lowest BCUT2D eigenvalue weighted by molar-refractivity contribution is 0.102. The maximum atomic E-state index is 12.9. The zero-order valence-electron chi connectivity index (χ0n) is 12.3. The Morgan fingerprint density at radius 1 is 1.09 bits per heavy atom. The summed E-state index contributed by atoms with van der Waals surface area (Å²) in [5, 5.41) is 2.76. The molecule has 2 aromatic carbocycles. The predicted molar refractivity (Wildman–Crippen MR) is 82.8 cm³/mol. The van der Waals surface area contributed by atoms with Gasteiger partial charge in [-0.2, -0.15) is 0 Å². The van der Waals surface area contributed by atoms with Crippen LogP contribution >= 0.6 is 0 Å². The van der Waals surface area contributed by atoms with E-state index in [1.165, 1.54) is 24.3 Å². The number of ether oxygens (including phenoxy) is 2. The third-order valence-electron chi connectivity index (χ3n) is 2.93. The monoisotopic (exact) mass is 303 g/mol. The van der Waals surface area contributed by atoms with Crippen LogP contribution in [-0.2, 0) is 4.74 Å². The van der Waals surface area contributed by atoms with E-state index in [2.05, 4.69) is 5.32 Å². The first-order chi connectivity index (χ1) is 10.7. The minimum atomic E-state index is -0.379. The van der Waals surface area contributed by atoms with Crippen molar-refractivity contribution in [3.8, 4) is 5.75 Å². The van der Waals surface area contributed by atoms with Gasteiger partial charge in [-0.25, -0.2) is 4.39 Å². The Kier molecular flexibility index (Phi) is 5.91. The highest BCUT2D eigenvalue weighted by molar-refractivity contribution is 6.04. The van der Waals surface area contributed by atoms with Crippen molar-refractivity contribution in [3.05, 3.63) is 59.9 Å². The summed E-state index contributed by atoms with van der Waals surface area (Å²) in [6.45, 7) is 3.43. The molecule has 2 aromatic rings.